The minimum absolute atomic E-state index is 0.0152. The first-order valence-corrected chi connectivity index (χ1v) is 6.76. The minimum atomic E-state index is -3.77. The molecular weight excluding hydrogens is 273 g/mol. The summed E-state index contributed by atoms with van der Waals surface area (Å²) >= 11 is 0. The van der Waals surface area contributed by atoms with E-state index in [9.17, 15) is 12.8 Å². The number of aryl methyl sites for hydroxylation is 1. The lowest BCUT2D eigenvalue weighted by atomic mass is 10.3. The largest absolute Gasteiger partial charge is 0.494 e. The smallest absolute Gasteiger partial charge is 0.265 e. The van der Waals surface area contributed by atoms with Gasteiger partial charge in [-0.25, -0.2) is 12.8 Å². The fourth-order valence-corrected chi connectivity index (χ4v) is 2.54. The Hall–Kier alpha value is -2.09. The summed E-state index contributed by atoms with van der Waals surface area (Å²) in [6, 6.07) is 3.53. The van der Waals surface area contributed by atoms with E-state index < -0.39 is 15.8 Å². The van der Waals surface area contributed by atoms with Crippen molar-refractivity contribution in [3.8, 4) is 5.75 Å². The molecule has 1 N–H and O–H groups in total. The molecule has 0 aliphatic heterocycles. The summed E-state index contributed by atoms with van der Waals surface area (Å²) in [5, 5.41) is 3.79. The Kier molecular flexibility index (Phi) is 3.43. The molecule has 0 saturated heterocycles. The van der Waals surface area contributed by atoms with Crippen LogP contribution in [0.5, 0.6) is 5.75 Å². The summed E-state index contributed by atoms with van der Waals surface area (Å²) in [4.78, 5) is 0.0152. The molecule has 0 atom stereocenters. The first-order valence-electron chi connectivity index (χ1n) is 5.27. The lowest BCUT2D eigenvalue weighted by molar-refractivity contribution is 0.413. The van der Waals surface area contributed by atoms with Gasteiger partial charge >= 0.3 is 0 Å². The van der Waals surface area contributed by atoms with Gasteiger partial charge in [-0.3, -0.25) is 9.40 Å². The third kappa shape index (κ3) is 2.84. The Morgan fingerprint density at radius 3 is 2.74 bits per heavy atom. The van der Waals surface area contributed by atoms with Crippen molar-refractivity contribution in [1.29, 1.82) is 0 Å². The van der Waals surface area contributed by atoms with Gasteiger partial charge < -0.3 is 4.74 Å². The third-order valence-electron chi connectivity index (χ3n) is 2.40. The van der Waals surface area contributed by atoms with Crippen LogP contribution in [0.25, 0.3) is 0 Å². The number of sulfonamides is 1. The van der Waals surface area contributed by atoms with E-state index in [1.54, 1.807) is 7.05 Å². The number of rotatable bonds is 4. The fourth-order valence-electron chi connectivity index (χ4n) is 1.49. The standard InChI is InChI=1S/C11H12FN3O3S/c1-15-7-9(6-13-15)19(16,17)14-10-4-3-8(12)5-11(10)18-2/h3-7,14H,1-2H3. The van der Waals surface area contributed by atoms with Gasteiger partial charge in [0, 0.05) is 19.3 Å². The number of hydrogen-bond acceptors (Lipinski definition) is 4. The van der Waals surface area contributed by atoms with Crippen LogP contribution in [0.4, 0.5) is 10.1 Å². The van der Waals surface area contributed by atoms with Crippen molar-refractivity contribution in [1.82, 2.24) is 9.78 Å². The number of halogens is 1. The maximum absolute atomic E-state index is 13.0. The lowest BCUT2D eigenvalue weighted by Gasteiger charge is -2.10. The molecule has 1 aromatic heterocycles. The van der Waals surface area contributed by atoms with Crippen molar-refractivity contribution in [2.24, 2.45) is 7.05 Å². The molecular formula is C11H12FN3O3S. The number of ether oxygens (including phenoxy) is 1. The lowest BCUT2D eigenvalue weighted by Crippen LogP contribution is -2.13. The zero-order chi connectivity index (χ0) is 14.0. The molecule has 19 heavy (non-hydrogen) atoms. The Morgan fingerprint density at radius 2 is 2.16 bits per heavy atom. The second-order valence-electron chi connectivity index (χ2n) is 3.80. The highest BCUT2D eigenvalue weighted by atomic mass is 32.2. The Balaban J connectivity index is 2.35. The number of aromatic nitrogens is 2. The summed E-state index contributed by atoms with van der Waals surface area (Å²) in [6.07, 6.45) is 2.58. The summed E-state index contributed by atoms with van der Waals surface area (Å²) < 4.78 is 45.7. The van der Waals surface area contributed by atoms with E-state index in [1.165, 1.54) is 30.3 Å². The van der Waals surface area contributed by atoms with Gasteiger partial charge in [0.25, 0.3) is 10.0 Å². The van der Waals surface area contributed by atoms with Gasteiger partial charge in [0.2, 0.25) is 0 Å². The van der Waals surface area contributed by atoms with E-state index in [1.807, 2.05) is 0 Å². The van der Waals surface area contributed by atoms with Crippen LogP contribution in [0.1, 0.15) is 0 Å². The quantitative estimate of drug-likeness (QED) is 0.920. The molecule has 0 spiro atoms. The molecule has 0 aliphatic rings. The summed E-state index contributed by atoms with van der Waals surface area (Å²) in [5.74, 6) is -0.409. The molecule has 2 rings (SSSR count). The van der Waals surface area contributed by atoms with E-state index in [-0.39, 0.29) is 16.3 Å². The third-order valence-corrected chi connectivity index (χ3v) is 3.72. The van der Waals surface area contributed by atoms with Gasteiger partial charge in [0.05, 0.1) is 19.0 Å². The van der Waals surface area contributed by atoms with Gasteiger partial charge in [0.15, 0.2) is 0 Å². The van der Waals surface area contributed by atoms with Crippen molar-refractivity contribution in [3.63, 3.8) is 0 Å². The first kappa shape index (κ1) is 13.3. The number of benzene rings is 1. The molecule has 0 aliphatic carbocycles. The average Bonchev–Trinajstić information content (AvgIpc) is 2.79. The molecule has 0 bridgehead atoms. The van der Waals surface area contributed by atoms with E-state index in [0.29, 0.717) is 0 Å². The predicted octanol–water partition coefficient (Wildman–Crippen LogP) is 1.37. The Morgan fingerprint density at radius 1 is 1.42 bits per heavy atom. The molecule has 0 fully saturated rings. The second kappa shape index (κ2) is 4.88. The van der Waals surface area contributed by atoms with Gasteiger partial charge in [0.1, 0.15) is 16.5 Å². The van der Waals surface area contributed by atoms with Crippen LogP contribution < -0.4 is 9.46 Å². The van der Waals surface area contributed by atoms with Gasteiger partial charge in [-0.15, -0.1) is 0 Å². The molecule has 0 amide bonds. The SMILES string of the molecule is COc1cc(F)ccc1NS(=O)(=O)c1cnn(C)c1. The van der Waals surface area contributed by atoms with Crippen molar-refractivity contribution >= 4 is 15.7 Å². The van der Waals surface area contributed by atoms with Crippen molar-refractivity contribution in [3.05, 3.63) is 36.4 Å². The number of methoxy groups -OCH3 is 1. The van der Waals surface area contributed by atoms with Crippen LogP contribution in [-0.2, 0) is 17.1 Å². The summed E-state index contributed by atoms with van der Waals surface area (Å²) in [7, 11) is -0.835. The number of nitrogens with zero attached hydrogens (tertiary/aromatic N) is 2. The zero-order valence-corrected chi connectivity index (χ0v) is 11.1. The highest BCUT2D eigenvalue weighted by molar-refractivity contribution is 7.92. The first-order chi connectivity index (χ1) is 8.92. The maximum atomic E-state index is 13.0. The van der Waals surface area contributed by atoms with Crippen molar-refractivity contribution < 1.29 is 17.5 Å². The fraction of sp³-hybridized carbons (Fsp3) is 0.182. The van der Waals surface area contributed by atoms with Crippen LogP contribution >= 0.6 is 0 Å². The molecule has 2 aromatic rings. The second-order valence-corrected chi connectivity index (χ2v) is 5.48. The molecule has 102 valence electrons. The summed E-state index contributed by atoms with van der Waals surface area (Å²) in [6.45, 7) is 0. The van der Waals surface area contributed by atoms with Crippen LogP contribution in [0, 0.1) is 5.82 Å². The van der Waals surface area contributed by atoms with Crippen LogP contribution in [0.15, 0.2) is 35.5 Å². The molecule has 1 aromatic carbocycles. The molecule has 8 heteroatoms. The normalized spacial score (nSPS) is 11.3. The van der Waals surface area contributed by atoms with Crippen molar-refractivity contribution in [2.75, 3.05) is 11.8 Å². The van der Waals surface area contributed by atoms with E-state index in [4.69, 9.17) is 4.74 Å². The van der Waals surface area contributed by atoms with Gasteiger partial charge in [-0.2, -0.15) is 5.10 Å². The Labute approximate surface area is 109 Å². The molecule has 0 unspecified atom stereocenters. The summed E-state index contributed by atoms with van der Waals surface area (Å²) in [5.41, 5.74) is 0.160. The maximum Gasteiger partial charge on any atom is 0.265 e. The minimum Gasteiger partial charge on any atom is -0.494 e. The zero-order valence-electron chi connectivity index (χ0n) is 10.3. The average molecular weight is 285 g/mol. The highest BCUT2D eigenvalue weighted by Crippen LogP contribution is 2.27. The predicted molar refractivity (Wildman–Crippen MR) is 67.0 cm³/mol. The number of anilines is 1. The molecule has 0 saturated carbocycles. The van der Waals surface area contributed by atoms with E-state index in [0.717, 1.165) is 12.1 Å². The Bertz CT molecular complexity index is 697. The highest BCUT2D eigenvalue weighted by Gasteiger charge is 2.18. The molecule has 1 heterocycles. The van der Waals surface area contributed by atoms with Crippen LogP contribution in [0.2, 0.25) is 0 Å². The molecule has 6 nitrogen and oxygen atoms in total. The molecule has 0 radical (unpaired) electrons. The van der Waals surface area contributed by atoms with E-state index in [2.05, 4.69) is 9.82 Å². The number of hydrogen-bond donors (Lipinski definition) is 1. The van der Waals surface area contributed by atoms with Crippen molar-refractivity contribution in [2.45, 2.75) is 4.90 Å². The van der Waals surface area contributed by atoms with Crippen LogP contribution in [0.3, 0.4) is 0 Å². The van der Waals surface area contributed by atoms with Crippen LogP contribution in [-0.4, -0.2) is 25.3 Å². The van der Waals surface area contributed by atoms with E-state index >= 15 is 0 Å². The number of nitrogens with one attached hydrogen (secondary N) is 1. The monoisotopic (exact) mass is 285 g/mol. The topological polar surface area (TPSA) is 73.2 Å². The van der Waals surface area contributed by atoms with Gasteiger partial charge in [-0.05, 0) is 12.1 Å². The van der Waals surface area contributed by atoms with Gasteiger partial charge in [-0.1, -0.05) is 0 Å².